The molecule has 1 aromatic rings. The third-order valence-corrected chi connectivity index (χ3v) is 3.48. The van der Waals surface area contributed by atoms with E-state index in [4.69, 9.17) is 9.47 Å². The van der Waals surface area contributed by atoms with Crippen molar-refractivity contribution in [1.29, 1.82) is 0 Å². The Morgan fingerprint density at radius 1 is 1.48 bits per heavy atom. The maximum Gasteiger partial charge on any atom is 0.335 e. The Balaban J connectivity index is 2.13. The summed E-state index contributed by atoms with van der Waals surface area (Å²) < 4.78 is 10.4. The highest BCUT2D eigenvalue weighted by molar-refractivity contribution is 5.80. The summed E-state index contributed by atoms with van der Waals surface area (Å²) >= 11 is 0. The van der Waals surface area contributed by atoms with E-state index in [1.165, 1.54) is 6.40 Å². The Morgan fingerprint density at radius 3 is 2.81 bits per heavy atom. The minimum Gasteiger partial charge on any atom is -0.473 e. The van der Waals surface area contributed by atoms with E-state index in [9.17, 15) is 4.79 Å². The van der Waals surface area contributed by atoms with Gasteiger partial charge in [-0.1, -0.05) is 6.07 Å². The maximum atomic E-state index is 11.8. The van der Waals surface area contributed by atoms with Gasteiger partial charge in [0.1, 0.15) is 5.82 Å². The molecule has 6 nitrogen and oxygen atoms in total. The molecule has 2 rings (SSSR count). The Bertz CT molecular complexity index is 513. The lowest BCUT2D eigenvalue weighted by molar-refractivity contribution is -0.146. The zero-order valence-corrected chi connectivity index (χ0v) is 12.8. The van der Waals surface area contributed by atoms with E-state index < -0.39 is 12.1 Å². The fraction of sp³-hybridized carbons (Fsp3) is 0.533. The van der Waals surface area contributed by atoms with Crippen LogP contribution in [0.15, 0.2) is 23.3 Å². The van der Waals surface area contributed by atoms with Crippen LogP contribution >= 0.6 is 0 Å². The standard InChI is InChI=1S/C15H21N3O3/c1-5-20-15(19)13-14(21-9-17-13)11-6-7-12(16-8-11)18(4)10(2)3/h6-10,13-14H,5H2,1-4H3/t13-,14-/m0/s1. The summed E-state index contributed by atoms with van der Waals surface area (Å²) in [5.41, 5.74) is 0.812. The molecule has 2 heterocycles. The number of hydrogen-bond donors (Lipinski definition) is 0. The summed E-state index contributed by atoms with van der Waals surface area (Å²) in [6.45, 7) is 6.29. The smallest absolute Gasteiger partial charge is 0.335 e. The van der Waals surface area contributed by atoms with Gasteiger partial charge in [-0.15, -0.1) is 0 Å². The van der Waals surface area contributed by atoms with Crippen molar-refractivity contribution in [2.24, 2.45) is 4.99 Å². The molecular weight excluding hydrogens is 270 g/mol. The van der Waals surface area contributed by atoms with Gasteiger partial charge in [-0.25, -0.2) is 14.8 Å². The second-order valence-electron chi connectivity index (χ2n) is 5.16. The van der Waals surface area contributed by atoms with Crippen molar-refractivity contribution in [3.05, 3.63) is 23.9 Å². The molecule has 0 N–H and O–H groups in total. The van der Waals surface area contributed by atoms with Crippen molar-refractivity contribution >= 4 is 18.2 Å². The van der Waals surface area contributed by atoms with Crippen molar-refractivity contribution < 1.29 is 14.3 Å². The SMILES string of the molecule is CCOC(=O)[C@H]1N=CO[C@H]1c1ccc(N(C)C(C)C)nc1. The number of pyridine rings is 1. The zero-order valence-electron chi connectivity index (χ0n) is 12.8. The summed E-state index contributed by atoms with van der Waals surface area (Å²) in [4.78, 5) is 22.4. The van der Waals surface area contributed by atoms with Crippen molar-refractivity contribution in [1.82, 2.24) is 4.98 Å². The number of anilines is 1. The number of ether oxygens (including phenoxy) is 2. The maximum absolute atomic E-state index is 11.8. The van der Waals surface area contributed by atoms with Gasteiger partial charge in [0.2, 0.25) is 0 Å². The van der Waals surface area contributed by atoms with Gasteiger partial charge in [-0.3, -0.25) is 0 Å². The van der Waals surface area contributed by atoms with Crippen LogP contribution in [0.4, 0.5) is 5.82 Å². The highest BCUT2D eigenvalue weighted by Gasteiger charge is 2.35. The molecule has 0 unspecified atom stereocenters. The van der Waals surface area contributed by atoms with Gasteiger partial charge in [-0.05, 0) is 26.8 Å². The van der Waals surface area contributed by atoms with E-state index >= 15 is 0 Å². The quantitative estimate of drug-likeness (QED) is 0.776. The first-order valence-electron chi connectivity index (χ1n) is 7.07. The molecule has 1 aliphatic heterocycles. The van der Waals surface area contributed by atoms with Crippen LogP contribution in [0.2, 0.25) is 0 Å². The number of carbonyl (C=O) groups excluding carboxylic acids is 1. The molecule has 21 heavy (non-hydrogen) atoms. The number of carbonyl (C=O) groups is 1. The fourth-order valence-electron chi connectivity index (χ4n) is 2.03. The minimum atomic E-state index is -0.652. The molecule has 0 aliphatic carbocycles. The number of aliphatic imine (C=N–C) groups is 1. The van der Waals surface area contributed by atoms with Crippen LogP contribution in [-0.2, 0) is 14.3 Å². The number of aromatic nitrogens is 1. The number of hydrogen-bond acceptors (Lipinski definition) is 6. The van der Waals surface area contributed by atoms with Gasteiger partial charge >= 0.3 is 5.97 Å². The zero-order chi connectivity index (χ0) is 15.4. The lowest BCUT2D eigenvalue weighted by Crippen LogP contribution is -2.28. The summed E-state index contributed by atoms with van der Waals surface area (Å²) in [5.74, 6) is 0.500. The molecule has 0 saturated carbocycles. The largest absolute Gasteiger partial charge is 0.473 e. The second kappa shape index (κ2) is 6.56. The predicted octanol–water partition coefficient (Wildman–Crippen LogP) is 1.96. The molecular formula is C15H21N3O3. The first-order valence-corrected chi connectivity index (χ1v) is 7.07. The molecule has 0 radical (unpaired) electrons. The summed E-state index contributed by atoms with van der Waals surface area (Å²) in [6.07, 6.45) is 2.56. The lowest BCUT2D eigenvalue weighted by Gasteiger charge is -2.23. The summed E-state index contributed by atoms with van der Waals surface area (Å²) in [5, 5.41) is 0. The average molecular weight is 291 g/mol. The van der Waals surface area contributed by atoms with Crippen LogP contribution in [0.25, 0.3) is 0 Å². The third kappa shape index (κ3) is 3.32. The van der Waals surface area contributed by atoms with Gasteiger partial charge in [0.15, 0.2) is 18.5 Å². The molecule has 0 fully saturated rings. The van der Waals surface area contributed by atoms with Crippen LogP contribution in [0.3, 0.4) is 0 Å². The van der Waals surface area contributed by atoms with E-state index in [1.54, 1.807) is 13.1 Å². The van der Waals surface area contributed by atoms with Gasteiger partial charge in [0.25, 0.3) is 0 Å². The molecule has 1 aromatic heterocycles. The Hall–Kier alpha value is -2.11. The first kappa shape index (κ1) is 15.3. The van der Waals surface area contributed by atoms with Crippen molar-refractivity contribution in [2.75, 3.05) is 18.6 Å². The van der Waals surface area contributed by atoms with Crippen LogP contribution in [0, 0.1) is 0 Å². The predicted molar refractivity (Wildman–Crippen MR) is 80.5 cm³/mol. The Labute approximate surface area is 124 Å². The average Bonchev–Trinajstić information content (AvgIpc) is 2.96. The third-order valence-electron chi connectivity index (χ3n) is 3.48. The summed E-state index contributed by atoms with van der Waals surface area (Å²) in [7, 11) is 1.99. The van der Waals surface area contributed by atoms with Crippen molar-refractivity contribution in [3.63, 3.8) is 0 Å². The molecule has 114 valence electrons. The summed E-state index contributed by atoms with van der Waals surface area (Å²) in [6, 6.07) is 3.54. The lowest BCUT2D eigenvalue weighted by atomic mass is 10.1. The van der Waals surface area contributed by atoms with E-state index in [-0.39, 0.29) is 5.97 Å². The topological polar surface area (TPSA) is 64.0 Å². The van der Waals surface area contributed by atoms with E-state index in [0.29, 0.717) is 12.6 Å². The van der Waals surface area contributed by atoms with Gasteiger partial charge in [0, 0.05) is 24.8 Å². The molecule has 0 spiro atoms. The highest BCUT2D eigenvalue weighted by atomic mass is 16.5. The highest BCUT2D eigenvalue weighted by Crippen LogP contribution is 2.28. The Morgan fingerprint density at radius 2 is 2.24 bits per heavy atom. The first-order chi connectivity index (χ1) is 10.0. The van der Waals surface area contributed by atoms with Gasteiger partial charge in [-0.2, -0.15) is 0 Å². The monoisotopic (exact) mass is 291 g/mol. The van der Waals surface area contributed by atoms with Crippen LogP contribution < -0.4 is 4.90 Å². The van der Waals surface area contributed by atoms with E-state index in [2.05, 4.69) is 28.7 Å². The molecule has 0 saturated heterocycles. The Kier molecular flexibility index (Phi) is 4.77. The normalized spacial score (nSPS) is 20.4. The molecule has 2 atom stereocenters. The molecule has 0 amide bonds. The fourth-order valence-corrected chi connectivity index (χ4v) is 2.03. The molecule has 0 bridgehead atoms. The van der Waals surface area contributed by atoms with E-state index in [0.717, 1.165) is 11.4 Å². The molecule has 0 aromatic carbocycles. The van der Waals surface area contributed by atoms with Crippen molar-refractivity contribution in [2.45, 2.75) is 39.0 Å². The van der Waals surface area contributed by atoms with Gasteiger partial charge in [0.05, 0.1) is 6.61 Å². The van der Waals surface area contributed by atoms with Crippen molar-refractivity contribution in [3.8, 4) is 0 Å². The minimum absolute atomic E-state index is 0.327. The number of esters is 1. The number of nitrogens with zero attached hydrogens (tertiary/aromatic N) is 3. The van der Waals surface area contributed by atoms with Crippen LogP contribution in [0.5, 0.6) is 0 Å². The molecule has 1 aliphatic rings. The van der Waals surface area contributed by atoms with Crippen LogP contribution in [0.1, 0.15) is 32.4 Å². The van der Waals surface area contributed by atoms with Crippen LogP contribution in [-0.4, -0.2) is 43.1 Å². The molecule has 6 heteroatoms. The van der Waals surface area contributed by atoms with Gasteiger partial charge < -0.3 is 14.4 Å². The second-order valence-corrected chi connectivity index (χ2v) is 5.16. The number of rotatable bonds is 5. The van der Waals surface area contributed by atoms with E-state index in [1.807, 2.05) is 19.2 Å².